The molecule has 9 heteroatoms. The number of carbonyl (C=O) groups excluding carboxylic acids is 1. The van der Waals surface area contributed by atoms with Crippen LogP contribution in [0.5, 0.6) is 0 Å². The van der Waals surface area contributed by atoms with Crippen LogP contribution in [0.1, 0.15) is 0 Å². The molecule has 1 fully saturated rings. The molecule has 3 heterocycles. The lowest BCUT2D eigenvalue weighted by Crippen LogP contribution is -2.47. The Morgan fingerprint density at radius 2 is 2.39 bits per heavy atom. The molecule has 1 aliphatic heterocycles. The van der Waals surface area contributed by atoms with Gasteiger partial charge < -0.3 is 10.1 Å². The first-order valence-corrected chi connectivity index (χ1v) is 7.64. The lowest BCUT2D eigenvalue weighted by atomic mass is 10.2. The Labute approximate surface area is 138 Å². The van der Waals surface area contributed by atoms with Crippen LogP contribution in [0.25, 0.3) is 0 Å². The van der Waals surface area contributed by atoms with Crippen LogP contribution in [-0.4, -0.2) is 62.9 Å². The Hall–Kier alpha value is -2.03. The fourth-order valence-corrected chi connectivity index (χ4v) is 2.52. The molecule has 3 rings (SSSR count). The summed E-state index contributed by atoms with van der Waals surface area (Å²) in [6.07, 6.45) is 4.64. The summed E-state index contributed by atoms with van der Waals surface area (Å²) in [6, 6.07) is 3.36. The second-order valence-corrected chi connectivity index (χ2v) is 5.69. The molecule has 2 aromatic rings. The number of aromatic nitrogens is 4. The predicted octanol–water partition coefficient (Wildman–Crippen LogP) is 0.666. The Morgan fingerprint density at radius 1 is 1.48 bits per heavy atom. The Balaban J connectivity index is 1.48. The quantitative estimate of drug-likeness (QED) is 0.863. The molecule has 0 unspecified atom stereocenters. The van der Waals surface area contributed by atoms with Crippen molar-refractivity contribution in [2.45, 2.75) is 12.6 Å². The van der Waals surface area contributed by atoms with E-state index in [1.165, 1.54) is 12.5 Å². The van der Waals surface area contributed by atoms with E-state index in [-0.39, 0.29) is 12.0 Å². The molecule has 1 saturated heterocycles. The number of hydrogen-bond donors (Lipinski definition) is 1. The van der Waals surface area contributed by atoms with Crippen molar-refractivity contribution in [1.29, 1.82) is 0 Å². The molecule has 0 saturated carbocycles. The number of ether oxygens (including phenoxy) is 1. The number of halogens is 1. The van der Waals surface area contributed by atoms with E-state index in [4.69, 9.17) is 16.3 Å². The molecule has 23 heavy (non-hydrogen) atoms. The van der Waals surface area contributed by atoms with E-state index in [0.717, 1.165) is 6.54 Å². The van der Waals surface area contributed by atoms with Gasteiger partial charge in [-0.2, -0.15) is 5.10 Å². The second kappa shape index (κ2) is 7.49. The van der Waals surface area contributed by atoms with E-state index in [0.29, 0.717) is 37.1 Å². The summed E-state index contributed by atoms with van der Waals surface area (Å²) in [5.41, 5.74) is 0. The van der Waals surface area contributed by atoms with Crippen molar-refractivity contribution in [3.05, 3.63) is 36.0 Å². The molecule has 0 aromatic carbocycles. The average Bonchev–Trinajstić information content (AvgIpc) is 3.03. The number of anilines is 1. The number of rotatable bonds is 5. The van der Waals surface area contributed by atoms with Gasteiger partial charge in [0.15, 0.2) is 0 Å². The van der Waals surface area contributed by atoms with Gasteiger partial charge >= 0.3 is 0 Å². The highest BCUT2D eigenvalue weighted by molar-refractivity contribution is 6.30. The van der Waals surface area contributed by atoms with Crippen molar-refractivity contribution in [3.63, 3.8) is 0 Å². The molecule has 1 amide bonds. The zero-order valence-corrected chi connectivity index (χ0v) is 13.2. The standard InChI is InChI=1S/C14H17ClN6O2/c15-11-1-2-13(17-5-11)19-14(22)8-20-3-4-23-12(6-20)7-21-10-16-9-18-21/h1-2,5,9-10,12H,3-4,6-8H2,(H,17,19,22)/t12-/m1/s1. The maximum Gasteiger partial charge on any atom is 0.239 e. The molecule has 122 valence electrons. The highest BCUT2D eigenvalue weighted by Gasteiger charge is 2.22. The first kappa shape index (κ1) is 15.9. The molecule has 0 bridgehead atoms. The number of nitrogens with one attached hydrogen (secondary N) is 1. The number of morpholine rings is 1. The number of pyridine rings is 1. The van der Waals surface area contributed by atoms with Crippen LogP contribution < -0.4 is 5.32 Å². The average molecular weight is 337 g/mol. The zero-order valence-electron chi connectivity index (χ0n) is 12.4. The first-order chi connectivity index (χ1) is 11.2. The molecule has 0 aliphatic carbocycles. The summed E-state index contributed by atoms with van der Waals surface area (Å²) in [7, 11) is 0. The van der Waals surface area contributed by atoms with Gasteiger partial charge in [-0.05, 0) is 12.1 Å². The molecular weight excluding hydrogens is 320 g/mol. The summed E-state index contributed by atoms with van der Waals surface area (Å²) in [6.45, 7) is 2.89. The van der Waals surface area contributed by atoms with Gasteiger partial charge in [0.2, 0.25) is 5.91 Å². The van der Waals surface area contributed by atoms with Crippen LogP contribution in [0.2, 0.25) is 5.02 Å². The number of hydrogen-bond acceptors (Lipinski definition) is 6. The number of amides is 1. The van der Waals surface area contributed by atoms with Crippen LogP contribution in [0.3, 0.4) is 0 Å². The van der Waals surface area contributed by atoms with Gasteiger partial charge in [-0.3, -0.25) is 14.4 Å². The minimum Gasteiger partial charge on any atom is -0.374 e. The topological polar surface area (TPSA) is 85.2 Å². The van der Waals surface area contributed by atoms with Crippen LogP contribution in [0, 0.1) is 0 Å². The molecule has 1 atom stereocenters. The highest BCUT2D eigenvalue weighted by Crippen LogP contribution is 2.10. The van der Waals surface area contributed by atoms with Gasteiger partial charge in [0.1, 0.15) is 18.5 Å². The SMILES string of the molecule is O=C(CN1CCO[C@@H](Cn2cncn2)C1)Nc1ccc(Cl)cn1. The van der Waals surface area contributed by atoms with Gasteiger partial charge in [0.05, 0.1) is 30.8 Å². The van der Waals surface area contributed by atoms with Crippen molar-refractivity contribution < 1.29 is 9.53 Å². The maximum atomic E-state index is 12.1. The summed E-state index contributed by atoms with van der Waals surface area (Å²) < 4.78 is 7.43. The predicted molar refractivity (Wildman–Crippen MR) is 84.1 cm³/mol. The fourth-order valence-electron chi connectivity index (χ4n) is 2.41. The van der Waals surface area contributed by atoms with Crippen LogP contribution in [-0.2, 0) is 16.1 Å². The van der Waals surface area contributed by atoms with Gasteiger partial charge in [-0.15, -0.1) is 0 Å². The van der Waals surface area contributed by atoms with Gasteiger partial charge in [-0.25, -0.2) is 9.97 Å². The van der Waals surface area contributed by atoms with E-state index in [9.17, 15) is 4.79 Å². The third kappa shape index (κ3) is 4.72. The zero-order chi connectivity index (χ0) is 16.1. The Morgan fingerprint density at radius 3 is 3.13 bits per heavy atom. The first-order valence-electron chi connectivity index (χ1n) is 7.27. The smallest absolute Gasteiger partial charge is 0.239 e. The molecule has 0 spiro atoms. The second-order valence-electron chi connectivity index (χ2n) is 5.26. The summed E-state index contributed by atoms with van der Waals surface area (Å²) in [5.74, 6) is 0.382. The summed E-state index contributed by atoms with van der Waals surface area (Å²) in [5, 5.41) is 7.36. The van der Waals surface area contributed by atoms with E-state index < -0.39 is 0 Å². The van der Waals surface area contributed by atoms with Gasteiger partial charge in [0.25, 0.3) is 0 Å². The Bertz CT molecular complexity index is 633. The molecule has 1 aliphatic rings. The molecule has 8 nitrogen and oxygen atoms in total. The van der Waals surface area contributed by atoms with Crippen LogP contribution in [0.4, 0.5) is 5.82 Å². The van der Waals surface area contributed by atoms with E-state index in [1.807, 2.05) is 0 Å². The lowest BCUT2D eigenvalue weighted by Gasteiger charge is -2.32. The van der Waals surface area contributed by atoms with Gasteiger partial charge in [-0.1, -0.05) is 11.6 Å². The molecule has 1 N–H and O–H groups in total. The fraction of sp³-hybridized carbons (Fsp3) is 0.429. The maximum absolute atomic E-state index is 12.1. The molecule has 2 aromatic heterocycles. The van der Waals surface area contributed by atoms with E-state index in [2.05, 4.69) is 25.3 Å². The molecular formula is C14H17ClN6O2. The van der Waals surface area contributed by atoms with E-state index in [1.54, 1.807) is 23.1 Å². The normalized spacial score (nSPS) is 18.7. The van der Waals surface area contributed by atoms with Gasteiger partial charge in [0, 0.05) is 19.3 Å². The Kier molecular flexibility index (Phi) is 5.16. The monoisotopic (exact) mass is 336 g/mol. The van der Waals surface area contributed by atoms with Crippen molar-refractivity contribution >= 4 is 23.3 Å². The summed E-state index contributed by atoms with van der Waals surface area (Å²) in [4.78, 5) is 22.1. The summed E-state index contributed by atoms with van der Waals surface area (Å²) >= 11 is 5.77. The number of carbonyl (C=O) groups is 1. The number of nitrogens with zero attached hydrogens (tertiary/aromatic N) is 5. The minimum atomic E-state index is -0.110. The highest BCUT2D eigenvalue weighted by atomic mass is 35.5. The van der Waals surface area contributed by atoms with Crippen molar-refractivity contribution in [3.8, 4) is 0 Å². The third-order valence-electron chi connectivity index (χ3n) is 3.44. The molecule has 0 radical (unpaired) electrons. The lowest BCUT2D eigenvalue weighted by molar-refractivity contribution is -0.119. The van der Waals surface area contributed by atoms with Crippen LogP contribution >= 0.6 is 11.6 Å². The van der Waals surface area contributed by atoms with E-state index >= 15 is 0 Å². The van der Waals surface area contributed by atoms with Crippen molar-refractivity contribution in [2.75, 3.05) is 31.6 Å². The van der Waals surface area contributed by atoms with Crippen LogP contribution in [0.15, 0.2) is 31.0 Å². The third-order valence-corrected chi connectivity index (χ3v) is 3.67. The minimum absolute atomic E-state index is 0.00749. The van der Waals surface area contributed by atoms with Crippen molar-refractivity contribution in [2.24, 2.45) is 0 Å². The van der Waals surface area contributed by atoms with Crippen molar-refractivity contribution in [1.82, 2.24) is 24.6 Å². The largest absolute Gasteiger partial charge is 0.374 e.